The molecule has 1 aromatic rings. The van der Waals surface area contributed by atoms with E-state index in [9.17, 15) is 4.79 Å². The van der Waals surface area contributed by atoms with Gasteiger partial charge in [0.2, 0.25) is 0 Å². The van der Waals surface area contributed by atoms with Gasteiger partial charge in [-0.25, -0.2) is 0 Å². The lowest BCUT2D eigenvalue weighted by molar-refractivity contribution is -0.139. The number of amides is 1. The number of anilines is 1. The number of benzene rings is 1. The summed E-state index contributed by atoms with van der Waals surface area (Å²) in [6, 6.07) is 5.82. The van der Waals surface area contributed by atoms with E-state index in [2.05, 4.69) is 27.9 Å². The number of hydrogen-bond donors (Lipinski definition) is 1. The van der Waals surface area contributed by atoms with Crippen LogP contribution in [-0.2, 0) is 4.79 Å². The number of halogens is 1. The van der Waals surface area contributed by atoms with Crippen LogP contribution in [0.15, 0.2) is 18.2 Å². The molecule has 3 nitrogen and oxygen atoms in total. The van der Waals surface area contributed by atoms with Gasteiger partial charge >= 0.3 is 0 Å². The molecule has 0 atom stereocenters. The zero-order chi connectivity index (χ0) is 10.5. The fourth-order valence-corrected chi connectivity index (χ4v) is 2.63. The van der Waals surface area contributed by atoms with E-state index in [0.717, 1.165) is 34.3 Å². The second kappa shape index (κ2) is 3.10. The lowest BCUT2D eigenvalue weighted by Crippen LogP contribution is -2.55. The molecule has 15 heavy (non-hydrogen) atoms. The molecular weight excluding hydrogens is 305 g/mol. The molecule has 2 aliphatic rings. The summed E-state index contributed by atoms with van der Waals surface area (Å²) in [6.45, 7) is 0. The Morgan fingerprint density at radius 3 is 2.87 bits per heavy atom. The number of rotatable bonds is 0. The molecule has 3 rings (SSSR count). The van der Waals surface area contributed by atoms with Crippen LogP contribution in [-0.4, -0.2) is 11.5 Å². The normalized spacial score (nSPS) is 21.3. The maximum absolute atomic E-state index is 11.9. The second-order valence-corrected chi connectivity index (χ2v) is 5.18. The van der Waals surface area contributed by atoms with Crippen molar-refractivity contribution >= 4 is 34.2 Å². The topological polar surface area (TPSA) is 38.3 Å². The highest BCUT2D eigenvalue weighted by Crippen LogP contribution is 2.44. The highest BCUT2D eigenvalue weighted by atomic mass is 127. The van der Waals surface area contributed by atoms with Gasteiger partial charge in [-0.2, -0.15) is 0 Å². The van der Waals surface area contributed by atoms with E-state index in [4.69, 9.17) is 4.74 Å². The summed E-state index contributed by atoms with van der Waals surface area (Å²) in [5.41, 5.74) is 0.262. The van der Waals surface area contributed by atoms with Crippen molar-refractivity contribution in [3.63, 3.8) is 0 Å². The number of ether oxygens (including phenoxy) is 1. The SMILES string of the molecule is O=C1Nc2c(I)cccc2OC12CCC2. The van der Waals surface area contributed by atoms with Gasteiger partial charge in [-0.3, -0.25) is 4.79 Å². The van der Waals surface area contributed by atoms with Gasteiger partial charge < -0.3 is 10.1 Å². The van der Waals surface area contributed by atoms with E-state index in [0.29, 0.717) is 0 Å². The fourth-order valence-electron chi connectivity index (χ4n) is 2.02. The van der Waals surface area contributed by atoms with Crippen LogP contribution in [0.2, 0.25) is 0 Å². The van der Waals surface area contributed by atoms with Crippen LogP contribution >= 0.6 is 22.6 Å². The van der Waals surface area contributed by atoms with Crippen molar-refractivity contribution in [1.82, 2.24) is 0 Å². The van der Waals surface area contributed by atoms with Crippen molar-refractivity contribution in [2.75, 3.05) is 5.32 Å². The summed E-state index contributed by atoms with van der Waals surface area (Å²) in [4.78, 5) is 11.9. The van der Waals surface area contributed by atoms with E-state index in [-0.39, 0.29) is 5.91 Å². The molecule has 1 heterocycles. The van der Waals surface area contributed by atoms with Gasteiger partial charge in [-0.15, -0.1) is 0 Å². The second-order valence-electron chi connectivity index (χ2n) is 4.02. The van der Waals surface area contributed by atoms with Gasteiger partial charge in [-0.1, -0.05) is 6.07 Å². The first-order valence-electron chi connectivity index (χ1n) is 5.00. The Balaban J connectivity index is 2.06. The summed E-state index contributed by atoms with van der Waals surface area (Å²) in [5, 5.41) is 2.95. The smallest absolute Gasteiger partial charge is 0.268 e. The van der Waals surface area contributed by atoms with Crippen LogP contribution in [0.1, 0.15) is 19.3 Å². The Morgan fingerprint density at radius 2 is 2.20 bits per heavy atom. The minimum atomic E-state index is -0.558. The third-order valence-electron chi connectivity index (χ3n) is 3.09. The predicted octanol–water partition coefficient (Wildman–Crippen LogP) is 2.54. The largest absolute Gasteiger partial charge is 0.475 e. The Labute approximate surface area is 101 Å². The Bertz CT molecular complexity index is 440. The van der Waals surface area contributed by atoms with Gasteiger partial charge in [0.15, 0.2) is 5.60 Å². The standard InChI is InChI=1S/C11H10INO2/c12-7-3-1-4-8-9(7)13-10(14)11(15-8)5-2-6-11/h1,3-4H,2,5-6H2,(H,13,14). The number of carbonyl (C=O) groups excluding carboxylic acids is 1. The van der Waals surface area contributed by atoms with E-state index in [1.807, 2.05) is 18.2 Å². The van der Waals surface area contributed by atoms with E-state index in [1.165, 1.54) is 0 Å². The number of nitrogens with one attached hydrogen (secondary N) is 1. The molecule has 0 saturated heterocycles. The molecule has 1 N–H and O–H groups in total. The summed E-state index contributed by atoms with van der Waals surface area (Å²) < 4.78 is 6.85. The van der Waals surface area contributed by atoms with Crippen LogP contribution in [0.25, 0.3) is 0 Å². The molecule has 1 aromatic carbocycles. The first-order valence-corrected chi connectivity index (χ1v) is 6.08. The number of carbonyl (C=O) groups is 1. The van der Waals surface area contributed by atoms with Crippen molar-refractivity contribution in [2.45, 2.75) is 24.9 Å². The zero-order valence-electron chi connectivity index (χ0n) is 8.05. The third-order valence-corrected chi connectivity index (χ3v) is 3.99. The molecule has 78 valence electrons. The van der Waals surface area contributed by atoms with E-state index < -0.39 is 5.60 Å². The van der Waals surface area contributed by atoms with Crippen molar-refractivity contribution in [2.24, 2.45) is 0 Å². The van der Waals surface area contributed by atoms with Crippen LogP contribution in [0.4, 0.5) is 5.69 Å². The molecule has 1 aliphatic carbocycles. The molecule has 1 amide bonds. The molecule has 1 aliphatic heterocycles. The highest BCUT2D eigenvalue weighted by molar-refractivity contribution is 14.1. The van der Waals surface area contributed by atoms with Gasteiger partial charge in [0, 0.05) is 3.57 Å². The molecule has 0 unspecified atom stereocenters. The number of hydrogen-bond acceptors (Lipinski definition) is 2. The summed E-state index contributed by atoms with van der Waals surface area (Å²) in [6.07, 6.45) is 2.75. The summed E-state index contributed by atoms with van der Waals surface area (Å²) >= 11 is 2.20. The Kier molecular flexibility index (Phi) is 1.95. The van der Waals surface area contributed by atoms with E-state index >= 15 is 0 Å². The minimum Gasteiger partial charge on any atom is -0.475 e. The lowest BCUT2D eigenvalue weighted by atomic mass is 9.78. The van der Waals surface area contributed by atoms with Crippen LogP contribution in [0.5, 0.6) is 5.75 Å². The average Bonchev–Trinajstić information content (AvgIpc) is 2.16. The van der Waals surface area contributed by atoms with Crippen molar-refractivity contribution in [3.05, 3.63) is 21.8 Å². The van der Waals surface area contributed by atoms with Crippen LogP contribution < -0.4 is 10.1 Å². The van der Waals surface area contributed by atoms with Crippen molar-refractivity contribution in [3.8, 4) is 5.75 Å². The maximum Gasteiger partial charge on any atom is 0.268 e. The van der Waals surface area contributed by atoms with Crippen LogP contribution in [0.3, 0.4) is 0 Å². The van der Waals surface area contributed by atoms with Gasteiger partial charge in [0.1, 0.15) is 5.75 Å². The molecule has 1 spiro atoms. The molecule has 0 bridgehead atoms. The third kappa shape index (κ3) is 1.27. The average molecular weight is 315 g/mol. The molecule has 1 saturated carbocycles. The monoisotopic (exact) mass is 315 g/mol. The zero-order valence-corrected chi connectivity index (χ0v) is 10.2. The van der Waals surface area contributed by atoms with Gasteiger partial charge in [0.25, 0.3) is 5.91 Å². The highest BCUT2D eigenvalue weighted by Gasteiger charge is 2.49. The fraction of sp³-hybridized carbons (Fsp3) is 0.364. The minimum absolute atomic E-state index is 0.0189. The quantitative estimate of drug-likeness (QED) is 0.747. The molecule has 1 fully saturated rings. The van der Waals surface area contributed by atoms with Gasteiger partial charge in [0.05, 0.1) is 5.69 Å². The first-order chi connectivity index (χ1) is 7.21. The summed E-state index contributed by atoms with van der Waals surface area (Å²) in [5.74, 6) is 0.826. The maximum atomic E-state index is 11.9. The first kappa shape index (κ1) is 9.45. The lowest BCUT2D eigenvalue weighted by Gasteiger charge is -2.43. The predicted molar refractivity (Wildman–Crippen MR) is 65.0 cm³/mol. The Morgan fingerprint density at radius 1 is 1.40 bits per heavy atom. The molecule has 4 heteroatoms. The van der Waals surface area contributed by atoms with Crippen LogP contribution in [0, 0.1) is 3.57 Å². The molecule has 0 radical (unpaired) electrons. The van der Waals surface area contributed by atoms with E-state index in [1.54, 1.807) is 0 Å². The van der Waals surface area contributed by atoms with Crippen molar-refractivity contribution in [1.29, 1.82) is 0 Å². The molecule has 0 aromatic heterocycles. The number of para-hydroxylation sites is 1. The van der Waals surface area contributed by atoms with Crippen molar-refractivity contribution < 1.29 is 9.53 Å². The number of fused-ring (bicyclic) bond motifs is 1. The Hall–Kier alpha value is -0.780. The molecular formula is C11H10INO2. The summed E-state index contributed by atoms with van der Waals surface area (Å²) in [7, 11) is 0. The van der Waals surface area contributed by atoms with Gasteiger partial charge in [-0.05, 0) is 54.0 Å².